The Labute approximate surface area is 252 Å². The number of unbranched alkanes of at least 4 members (excludes halogenated alkanes) is 6. The second kappa shape index (κ2) is 13.0. The zero-order valence-electron chi connectivity index (χ0n) is 23.5. The molecule has 2 heterocycles. The summed E-state index contributed by atoms with van der Waals surface area (Å²) >= 11 is 9.82. The van der Waals surface area contributed by atoms with Crippen molar-refractivity contribution in [2.75, 3.05) is 0 Å². The maximum absolute atomic E-state index is 2.77. The largest absolute Gasteiger partial charge is 0.144 e. The number of allylic oxidation sites excluding steroid dienone is 1. The van der Waals surface area contributed by atoms with Gasteiger partial charge in [-0.3, -0.25) is 0 Å². The van der Waals surface area contributed by atoms with Crippen LogP contribution in [0.15, 0.2) is 9.65 Å². The second-order valence-corrected chi connectivity index (χ2v) is 22.3. The summed E-state index contributed by atoms with van der Waals surface area (Å²) < 4.78 is 8.29. The fourth-order valence-electron chi connectivity index (χ4n) is 7.27. The van der Waals surface area contributed by atoms with Crippen molar-refractivity contribution in [1.82, 2.24) is 0 Å². The van der Waals surface area contributed by atoms with Gasteiger partial charge in [0.2, 0.25) is 0 Å². The highest BCUT2D eigenvalue weighted by atomic mass is 127. The molecule has 0 aromatic carbocycles. The van der Waals surface area contributed by atoms with Gasteiger partial charge in [0.25, 0.3) is 0 Å². The van der Waals surface area contributed by atoms with E-state index in [1.165, 1.54) is 64.2 Å². The molecule has 0 bridgehead atoms. The van der Waals surface area contributed by atoms with Gasteiger partial charge in [-0.15, -0.1) is 22.7 Å². The van der Waals surface area contributed by atoms with Crippen LogP contribution < -0.4 is 4.50 Å². The molecule has 1 aliphatic carbocycles. The normalized spacial score (nSPS) is 16.0. The molecule has 5 heteroatoms. The quantitative estimate of drug-likeness (QED) is 0.102. The van der Waals surface area contributed by atoms with E-state index in [9.17, 15) is 0 Å². The molecule has 35 heavy (non-hydrogen) atoms. The number of rotatable bonds is 14. The third-order valence-corrected chi connectivity index (χ3v) is 23.3. The summed E-state index contributed by atoms with van der Waals surface area (Å²) in [4.78, 5) is 1.62. The maximum Gasteiger partial charge on any atom is 0.107 e. The van der Waals surface area contributed by atoms with E-state index in [2.05, 4.69) is 129 Å². The molecule has 0 aliphatic heterocycles. The van der Waals surface area contributed by atoms with Gasteiger partial charge in [-0.05, 0) is 85.2 Å². The predicted octanol–water partition coefficient (Wildman–Crippen LogP) is 12.6. The zero-order chi connectivity index (χ0) is 26.0. The summed E-state index contributed by atoms with van der Waals surface area (Å²) in [6.07, 6.45) is 13.6. The number of halogens is 2. The first kappa shape index (κ1) is 30.6. The summed E-state index contributed by atoms with van der Waals surface area (Å²) in [5, 5.41) is 0. The van der Waals surface area contributed by atoms with Gasteiger partial charge in [0.15, 0.2) is 0 Å². The summed E-state index contributed by atoms with van der Waals surface area (Å²) in [5.74, 6) is 0. The van der Waals surface area contributed by atoms with Crippen LogP contribution in [-0.2, 0) is 5.41 Å². The molecular formula is C30H48I2S2Si. The minimum Gasteiger partial charge on any atom is -0.144 e. The lowest BCUT2D eigenvalue weighted by molar-refractivity contribution is 0.412. The van der Waals surface area contributed by atoms with Crippen LogP contribution in [0.2, 0.25) is 16.6 Å². The summed E-state index contributed by atoms with van der Waals surface area (Å²) in [7, 11) is -1.63. The van der Waals surface area contributed by atoms with Crippen molar-refractivity contribution in [3.8, 4) is 0 Å². The average Bonchev–Trinajstić information content (AvgIpc) is 3.40. The van der Waals surface area contributed by atoms with Gasteiger partial charge in [-0.1, -0.05) is 107 Å². The van der Waals surface area contributed by atoms with E-state index in [0.717, 1.165) is 16.6 Å². The molecule has 0 unspecified atom stereocenters. The van der Waals surface area contributed by atoms with E-state index in [1.807, 2.05) is 0 Å². The third-order valence-electron chi connectivity index (χ3n) is 8.86. The molecular weight excluding hydrogens is 706 g/mol. The van der Waals surface area contributed by atoms with Crippen LogP contribution in [-0.4, -0.2) is 8.07 Å². The fourth-order valence-corrected chi connectivity index (χ4v) is 21.5. The minimum atomic E-state index is -1.63. The molecule has 0 atom stereocenters. The van der Waals surface area contributed by atoms with E-state index in [0.29, 0.717) is 0 Å². The average molecular weight is 755 g/mol. The molecule has 0 saturated carbocycles. The lowest BCUT2D eigenvalue weighted by atomic mass is 9.75. The van der Waals surface area contributed by atoms with Crippen LogP contribution >= 0.6 is 67.9 Å². The molecule has 0 spiro atoms. The monoisotopic (exact) mass is 754 g/mol. The van der Waals surface area contributed by atoms with Gasteiger partial charge in [0.1, 0.15) is 8.07 Å². The molecule has 0 nitrogen and oxygen atoms in total. The maximum atomic E-state index is 2.77. The lowest BCUT2D eigenvalue weighted by Gasteiger charge is -2.42. The SMILES string of the molecule is CCCCCCC1(CCCCCC)C(I)=C(I)c2sc3cc([Si](C(C)C)(C(C)C)C(C)C)sc3c21. The van der Waals surface area contributed by atoms with Gasteiger partial charge in [0, 0.05) is 32.4 Å². The number of fused-ring (bicyclic) bond motifs is 3. The fraction of sp³-hybridized carbons (Fsp3) is 0.733. The van der Waals surface area contributed by atoms with Gasteiger partial charge >= 0.3 is 0 Å². The van der Waals surface area contributed by atoms with E-state index >= 15 is 0 Å². The van der Waals surface area contributed by atoms with Crippen LogP contribution in [0.25, 0.3) is 13.0 Å². The van der Waals surface area contributed by atoms with Crippen molar-refractivity contribution in [1.29, 1.82) is 0 Å². The molecule has 3 rings (SSSR count). The topological polar surface area (TPSA) is 0 Å². The molecule has 0 N–H and O–H groups in total. The Balaban J connectivity index is 2.15. The van der Waals surface area contributed by atoms with Crippen molar-refractivity contribution >= 4 is 93.4 Å². The molecule has 2 aromatic heterocycles. The molecule has 0 radical (unpaired) electrons. The Hall–Kier alpha value is 1.08. The number of hydrogen-bond donors (Lipinski definition) is 0. The van der Waals surface area contributed by atoms with E-state index in [-0.39, 0.29) is 5.41 Å². The van der Waals surface area contributed by atoms with E-state index in [4.69, 9.17) is 0 Å². The van der Waals surface area contributed by atoms with Crippen molar-refractivity contribution in [3.63, 3.8) is 0 Å². The molecule has 2 aromatic rings. The Bertz CT molecular complexity index is 977. The lowest BCUT2D eigenvalue weighted by Crippen LogP contribution is -2.54. The van der Waals surface area contributed by atoms with Gasteiger partial charge in [0.05, 0.1) is 0 Å². The summed E-state index contributed by atoms with van der Waals surface area (Å²) in [6.45, 7) is 19.8. The third kappa shape index (κ3) is 5.56. The predicted molar refractivity (Wildman–Crippen MR) is 185 cm³/mol. The molecule has 1 aliphatic rings. The van der Waals surface area contributed by atoms with E-state index < -0.39 is 8.07 Å². The minimum absolute atomic E-state index is 0.270. The van der Waals surface area contributed by atoms with Gasteiger partial charge < -0.3 is 0 Å². The highest BCUT2D eigenvalue weighted by molar-refractivity contribution is 14.1. The zero-order valence-corrected chi connectivity index (χ0v) is 30.4. The molecule has 0 saturated heterocycles. The molecule has 0 amide bonds. The first-order valence-corrected chi connectivity index (χ1v) is 20.2. The van der Waals surface area contributed by atoms with Gasteiger partial charge in [-0.2, -0.15) is 0 Å². The number of thiophene rings is 2. The van der Waals surface area contributed by atoms with Crippen molar-refractivity contribution in [2.45, 2.75) is 142 Å². The van der Waals surface area contributed by atoms with Crippen LogP contribution in [0.5, 0.6) is 0 Å². The van der Waals surface area contributed by atoms with Crippen molar-refractivity contribution in [2.24, 2.45) is 0 Å². The second-order valence-electron chi connectivity index (χ2n) is 11.8. The van der Waals surface area contributed by atoms with Crippen LogP contribution in [0.1, 0.15) is 130 Å². The highest BCUT2D eigenvalue weighted by Crippen LogP contribution is 2.62. The van der Waals surface area contributed by atoms with Crippen molar-refractivity contribution < 1.29 is 0 Å². The standard InChI is InChI=1S/C30H48I2S2Si/c1-9-11-13-15-17-30(18-16-14-12-10-2)25-27-23(33-28(25)26(31)29(30)32)19-24(34-27)35(20(3)4,21(5)6)22(7)8/h19-22H,9-18H2,1-8H3. The van der Waals surface area contributed by atoms with Crippen LogP contribution in [0, 0.1) is 0 Å². The first-order valence-electron chi connectivity index (χ1n) is 14.2. The Morgan fingerprint density at radius 1 is 0.771 bits per heavy atom. The Kier molecular flexibility index (Phi) is 11.3. The number of hydrogen-bond acceptors (Lipinski definition) is 2. The Morgan fingerprint density at radius 2 is 1.29 bits per heavy atom. The smallest absolute Gasteiger partial charge is 0.107 e. The first-order chi connectivity index (χ1) is 16.6. The van der Waals surface area contributed by atoms with Crippen molar-refractivity contribution in [3.05, 3.63) is 20.1 Å². The highest BCUT2D eigenvalue weighted by Gasteiger charge is 2.49. The van der Waals surface area contributed by atoms with Crippen LogP contribution in [0.3, 0.4) is 0 Å². The molecule has 0 fully saturated rings. The van der Waals surface area contributed by atoms with Gasteiger partial charge in [-0.25, -0.2) is 0 Å². The summed E-state index contributed by atoms with van der Waals surface area (Å²) in [5.41, 5.74) is 4.35. The Morgan fingerprint density at radius 3 is 1.74 bits per heavy atom. The van der Waals surface area contributed by atoms with Crippen LogP contribution in [0.4, 0.5) is 0 Å². The molecule has 198 valence electrons. The summed E-state index contributed by atoms with van der Waals surface area (Å²) in [6, 6.07) is 2.69. The van der Waals surface area contributed by atoms with E-state index in [1.54, 1.807) is 31.5 Å².